The molecule has 0 spiro atoms. The Kier molecular flexibility index (Phi) is 23.7. The van der Waals surface area contributed by atoms with Gasteiger partial charge in [-0.2, -0.15) is 0 Å². The van der Waals surface area contributed by atoms with E-state index in [9.17, 15) is 58.2 Å². The zero-order valence-electron chi connectivity index (χ0n) is 35.0. The van der Waals surface area contributed by atoms with Crippen LogP contribution in [0.15, 0.2) is 24.3 Å². The predicted molar refractivity (Wildman–Crippen MR) is 217 cm³/mol. The molecule has 1 aromatic rings. The van der Waals surface area contributed by atoms with Crippen molar-refractivity contribution in [3.05, 3.63) is 29.8 Å². The molecule has 0 saturated carbocycles. The molecule has 0 aliphatic heterocycles. The Bertz CT molecular complexity index is 1690. The van der Waals surface area contributed by atoms with Crippen LogP contribution in [0.2, 0.25) is 0 Å². The second-order valence-corrected chi connectivity index (χ2v) is 13.9. The molecular formula is C38H60N10O13. The van der Waals surface area contributed by atoms with Crippen LogP contribution in [0, 0.1) is 0 Å². The Balaban J connectivity index is 2.80. The molecule has 1 aromatic carbocycles. The molecular weight excluding hydrogens is 804 g/mol. The molecule has 0 heterocycles. The van der Waals surface area contributed by atoms with E-state index in [4.69, 9.17) is 16.2 Å². The minimum Gasteiger partial charge on any atom is -0.497 e. The molecule has 0 fully saturated rings. The van der Waals surface area contributed by atoms with Crippen LogP contribution in [0.4, 0.5) is 0 Å². The zero-order chi connectivity index (χ0) is 46.2. The Morgan fingerprint density at radius 3 is 1.62 bits per heavy atom. The maximum Gasteiger partial charge on any atom is 0.328 e. The summed E-state index contributed by atoms with van der Waals surface area (Å²) >= 11 is 0. The first-order chi connectivity index (χ1) is 28.8. The van der Waals surface area contributed by atoms with Crippen molar-refractivity contribution in [1.29, 1.82) is 0 Å². The summed E-state index contributed by atoms with van der Waals surface area (Å²) in [5.41, 5.74) is 11.0. The number of aliphatic hydroxyl groups excluding tert-OH is 1. The Hall–Kier alpha value is -6.36. The van der Waals surface area contributed by atoms with Crippen molar-refractivity contribution in [3.63, 3.8) is 0 Å². The van der Waals surface area contributed by atoms with Crippen molar-refractivity contribution in [2.24, 2.45) is 11.5 Å². The number of carboxylic acid groups (broad SMARTS) is 1. The molecule has 0 aromatic heterocycles. The predicted octanol–water partition coefficient (Wildman–Crippen LogP) is -3.85. The summed E-state index contributed by atoms with van der Waals surface area (Å²) in [7, 11) is 1.46. The quantitative estimate of drug-likeness (QED) is 0.0359. The van der Waals surface area contributed by atoms with Gasteiger partial charge in [0.25, 0.3) is 5.91 Å². The van der Waals surface area contributed by atoms with Gasteiger partial charge in [0.2, 0.25) is 47.3 Å². The van der Waals surface area contributed by atoms with Crippen LogP contribution in [-0.2, 0) is 43.2 Å². The average Bonchev–Trinajstić information content (AvgIpc) is 3.22. The van der Waals surface area contributed by atoms with Crippen molar-refractivity contribution in [1.82, 2.24) is 42.5 Å². The standard InChI is InChI=1S/C38H60N10O13/c1-6-24(34(55)41-19-30(52)45-26(10-8-9-17-39)37(58)48-31(21(4)49)38(59)60)44-29(51)18-42-35(56)25(7-2)46-36(57)27(15-16-28(40)50)47-32(53)20(3)43-33(54)22-11-13-23(61-5)14-12-22/h11-14,20-21,24-27,31,49H,6-10,15-19,39H2,1-5H3,(H2,40,50)(H,41,55)(H,42,56)(H,43,54)(H,44,51)(H,45,52)(H,46,57)(H,47,53)(H,48,58)(H,59,60)/t20-,21+,24-,25-,26-,27-,31?/m0/s1. The molecule has 0 aliphatic rings. The topological polar surface area (TPSA) is 369 Å². The molecule has 61 heavy (non-hydrogen) atoms. The largest absolute Gasteiger partial charge is 0.497 e. The third-order valence-corrected chi connectivity index (χ3v) is 9.00. The zero-order valence-corrected chi connectivity index (χ0v) is 35.0. The second kappa shape index (κ2) is 27.4. The maximum atomic E-state index is 13.3. The molecule has 23 nitrogen and oxygen atoms in total. The van der Waals surface area contributed by atoms with E-state index >= 15 is 0 Å². The van der Waals surface area contributed by atoms with Gasteiger partial charge in [-0.3, -0.25) is 43.2 Å². The normalized spacial score (nSPS) is 14.1. The first-order valence-electron chi connectivity index (χ1n) is 19.7. The van der Waals surface area contributed by atoms with E-state index in [2.05, 4.69) is 42.5 Å². The van der Waals surface area contributed by atoms with Crippen LogP contribution in [-0.4, -0.2) is 138 Å². The van der Waals surface area contributed by atoms with E-state index in [-0.39, 0.29) is 37.7 Å². The summed E-state index contributed by atoms with van der Waals surface area (Å²) in [4.78, 5) is 126. The highest BCUT2D eigenvalue weighted by Crippen LogP contribution is 2.11. The van der Waals surface area contributed by atoms with Crippen molar-refractivity contribution >= 4 is 59.1 Å². The number of aliphatic hydroxyl groups is 1. The van der Waals surface area contributed by atoms with Crippen LogP contribution in [0.3, 0.4) is 0 Å². The highest BCUT2D eigenvalue weighted by atomic mass is 16.5. The Labute approximate surface area is 353 Å². The number of nitrogens with two attached hydrogens (primary N) is 2. The number of benzene rings is 1. The van der Waals surface area contributed by atoms with E-state index < -0.39 is 115 Å². The maximum absolute atomic E-state index is 13.3. The highest BCUT2D eigenvalue weighted by Gasteiger charge is 2.31. The van der Waals surface area contributed by atoms with E-state index in [0.717, 1.165) is 0 Å². The van der Waals surface area contributed by atoms with Gasteiger partial charge in [-0.05, 0) is 83.2 Å². The van der Waals surface area contributed by atoms with Crippen molar-refractivity contribution in [2.75, 3.05) is 26.7 Å². The SMILES string of the molecule is CC[C@H](NC(=O)CNC(=O)[C@H](CC)NC(=O)[C@H](CCC(N)=O)NC(=O)[C@H](C)NC(=O)c1ccc(OC)cc1)C(=O)NCC(=O)N[C@@H](CCCCN)C(=O)NC(C(=O)O)[C@@H](C)O. The van der Waals surface area contributed by atoms with Gasteiger partial charge in [-0.1, -0.05) is 13.8 Å². The van der Waals surface area contributed by atoms with Gasteiger partial charge in [0.15, 0.2) is 6.04 Å². The van der Waals surface area contributed by atoms with E-state index in [1.165, 1.54) is 33.1 Å². The molecule has 0 aliphatic carbocycles. The fourth-order valence-electron chi connectivity index (χ4n) is 5.39. The molecule has 7 atom stereocenters. The Morgan fingerprint density at radius 2 is 1.15 bits per heavy atom. The van der Waals surface area contributed by atoms with E-state index in [1.54, 1.807) is 26.0 Å². The lowest BCUT2D eigenvalue weighted by molar-refractivity contribution is -0.145. The summed E-state index contributed by atoms with van der Waals surface area (Å²) in [6, 6.07) is -1.62. The van der Waals surface area contributed by atoms with Gasteiger partial charge < -0.3 is 69.0 Å². The summed E-state index contributed by atoms with van der Waals surface area (Å²) in [5.74, 6) is -8.01. The molecule has 14 N–H and O–H groups in total. The molecule has 0 radical (unpaired) electrons. The number of nitrogens with one attached hydrogen (secondary N) is 8. The third kappa shape index (κ3) is 19.5. The van der Waals surface area contributed by atoms with Gasteiger partial charge in [0.05, 0.1) is 26.3 Å². The van der Waals surface area contributed by atoms with Gasteiger partial charge in [0.1, 0.15) is 36.0 Å². The number of carbonyl (C=O) groups excluding carboxylic acids is 9. The van der Waals surface area contributed by atoms with Crippen molar-refractivity contribution in [2.45, 2.75) is 115 Å². The van der Waals surface area contributed by atoms with Gasteiger partial charge in [-0.15, -0.1) is 0 Å². The molecule has 340 valence electrons. The van der Waals surface area contributed by atoms with E-state index in [0.29, 0.717) is 25.1 Å². The van der Waals surface area contributed by atoms with Gasteiger partial charge >= 0.3 is 5.97 Å². The van der Waals surface area contributed by atoms with E-state index in [1.807, 2.05) is 0 Å². The lowest BCUT2D eigenvalue weighted by Gasteiger charge is -2.24. The van der Waals surface area contributed by atoms with Crippen molar-refractivity contribution in [3.8, 4) is 5.75 Å². The lowest BCUT2D eigenvalue weighted by atomic mass is 10.1. The minimum atomic E-state index is -1.64. The summed E-state index contributed by atoms with van der Waals surface area (Å²) < 4.78 is 5.07. The number of hydrogen-bond acceptors (Lipinski definition) is 13. The smallest absolute Gasteiger partial charge is 0.328 e. The highest BCUT2D eigenvalue weighted by molar-refractivity contribution is 5.99. The number of hydrogen-bond donors (Lipinski definition) is 12. The fraction of sp³-hybridized carbons (Fsp3) is 0.579. The molecule has 23 heteroatoms. The Morgan fingerprint density at radius 1 is 0.656 bits per heavy atom. The number of amides is 9. The first kappa shape index (κ1) is 52.7. The number of primary amides is 1. The molecule has 1 rings (SSSR count). The number of carboxylic acids is 1. The summed E-state index contributed by atoms with van der Waals surface area (Å²) in [6.45, 7) is 4.71. The number of carbonyl (C=O) groups is 10. The average molecular weight is 865 g/mol. The monoisotopic (exact) mass is 864 g/mol. The second-order valence-electron chi connectivity index (χ2n) is 13.9. The van der Waals surface area contributed by atoms with Crippen molar-refractivity contribution < 1.29 is 62.9 Å². The molecule has 0 saturated heterocycles. The van der Waals surface area contributed by atoms with Gasteiger partial charge in [0, 0.05) is 12.0 Å². The number of methoxy groups -OCH3 is 1. The number of ether oxygens (including phenoxy) is 1. The van der Waals surface area contributed by atoms with Crippen LogP contribution in [0.5, 0.6) is 5.75 Å². The first-order valence-corrected chi connectivity index (χ1v) is 19.7. The van der Waals surface area contributed by atoms with Crippen LogP contribution in [0.1, 0.15) is 83.0 Å². The third-order valence-electron chi connectivity index (χ3n) is 9.00. The summed E-state index contributed by atoms with van der Waals surface area (Å²) in [6.07, 6.45) is -0.927. The van der Waals surface area contributed by atoms with Gasteiger partial charge in [-0.25, -0.2) is 4.79 Å². The fourth-order valence-corrected chi connectivity index (χ4v) is 5.39. The summed E-state index contributed by atoms with van der Waals surface area (Å²) in [5, 5.41) is 38.1. The van der Waals surface area contributed by atoms with Crippen LogP contribution < -0.4 is 58.7 Å². The van der Waals surface area contributed by atoms with Crippen LogP contribution in [0.25, 0.3) is 0 Å². The number of aliphatic carboxylic acids is 1. The lowest BCUT2D eigenvalue weighted by Crippen LogP contribution is -2.57. The molecule has 0 bridgehead atoms. The molecule has 9 amide bonds. The van der Waals surface area contributed by atoms with Crippen LogP contribution >= 0.6 is 0 Å². The molecule has 1 unspecified atom stereocenters. The number of unbranched alkanes of at least 4 members (excludes halogenated alkanes) is 1. The number of rotatable bonds is 28. The minimum absolute atomic E-state index is 0.0300.